The van der Waals surface area contributed by atoms with Crippen LogP contribution in [0.1, 0.15) is 74.0 Å². The zero-order valence-electron chi connectivity index (χ0n) is 17.4. The van der Waals surface area contributed by atoms with Gasteiger partial charge in [0.25, 0.3) is 0 Å². The fraction of sp³-hybridized carbons (Fsp3) is 0.400. The molecule has 3 heteroatoms. The lowest BCUT2D eigenvalue weighted by atomic mass is 9.85. The Kier molecular flexibility index (Phi) is 5.47. The number of carbonyl (C=O) groups is 1. The number of fused-ring (bicyclic) bond motifs is 1. The molecule has 3 rings (SSSR count). The number of benzene rings is 2. The normalized spacial score (nSPS) is 16.2. The quantitative estimate of drug-likeness (QED) is 0.555. The topological polar surface area (TPSA) is 26.3 Å². The van der Waals surface area contributed by atoms with Crippen molar-refractivity contribution in [2.24, 2.45) is 0 Å². The van der Waals surface area contributed by atoms with Crippen molar-refractivity contribution in [3.63, 3.8) is 0 Å². The van der Waals surface area contributed by atoms with Gasteiger partial charge in [-0.3, -0.25) is 9.18 Å². The lowest BCUT2D eigenvalue weighted by molar-refractivity contribution is 0.0969. The molecule has 2 aromatic rings. The summed E-state index contributed by atoms with van der Waals surface area (Å²) in [5.74, 6) is 0.288. The highest BCUT2D eigenvalue weighted by atomic mass is 18.2. The van der Waals surface area contributed by atoms with Gasteiger partial charge in [-0.2, -0.15) is 0 Å². The van der Waals surface area contributed by atoms with Gasteiger partial charge in [0.05, 0.1) is 6.67 Å². The summed E-state index contributed by atoms with van der Waals surface area (Å²) in [5.41, 5.74) is 3.24. The minimum Gasteiger partial charge on any atom is -0.483 e. The maximum atomic E-state index is 13.7. The molecule has 0 amide bonds. The summed E-state index contributed by atoms with van der Waals surface area (Å²) in [6.45, 7) is 9.86. The molecule has 0 N–H and O–H groups in total. The van der Waals surface area contributed by atoms with Crippen molar-refractivity contribution in [3.8, 4) is 5.75 Å². The third kappa shape index (κ3) is 4.52. The molecular weight excluding hydrogens is 350 g/mol. The van der Waals surface area contributed by atoms with Gasteiger partial charge in [-0.1, -0.05) is 51.1 Å². The van der Waals surface area contributed by atoms with Crippen LogP contribution in [0.5, 0.6) is 5.75 Å². The number of alkyl halides is 1. The van der Waals surface area contributed by atoms with Gasteiger partial charge in [0.15, 0.2) is 5.78 Å². The predicted molar refractivity (Wildman–Crippen MR) is 113 cm³/mol. The first kappa shape index (κ1) is 20.3. The summed E-state index contributed by atoms with van der Waals surface area (Å²) < 4.78 is 19.6. The van der Waals surface area contributed by atoms with Gasteiger partial charge >= 0.3 is 0 Å². The Hall–Kier alpha value is -2.42. The van der Waals surface area contributed by atoms with Gasteiger partial charge in [-0.25, -0.2) is 0 Å². The van der Waals surface area contributed by atoms with Crippen LogP contribution >= 0.6 is 0 Å². The molecular formula is C25H29FO2. The molecule has 1 unspecified atom stereocenters. The first-order chi connectivity index (χ1) is 13.1. The number of hydrogen-bond acceptors (Lipinski definition) is 2. The van der Waals surface area contributed by atoms with Crippen LogP contribution in [0.3, 0.4) is 0 Å². The van der Waals surface area contributed by atoms with Crippen molar-refractivity contribution in [1.82, 2.24) is 0 Å². The number of ketones is 1. The number of ether oxygens (including phenoxy) is 1. The van der Waals surface area contributed by atoms with Gasteiger partial charge in [-0.15, -0.1) is 0 Å². The summed E-state index contributed by atoms with van der Waals surface area (Å²) >= 11 is 0. The third-order valence-corrected chi connectivity index (χ3v) is 5.24. The van der Waals surface area contributed by atoms with Crippen LogP contribution in [0.25, 0.3) is 6.08 Å². The van der Waals surface area contributed by atoms with Crippen LogP contribution in [0.15, 0.2) is 48.5 Å². The van der Waals surface area contributed by atoms with E-state index in [2.05, 4.69) is 20.8 Å². The summed E-state index contributed by atoms with van der Waals surface area (Å²) in [6.07, 6.45) is 4.11. The van der Waals surface area contributed by atoms with Crippen molar-refractivity contribution < 1.29 is 13.9 Å². The Balaban J connectivity index is 1.76. The Morgan fingerprint density at radius 2 is 1.79 bits per heavy atom. The lowest BCUT2D eigenvalue weighted by Gasteiger charge is -2.28. The molecule has 0 bridgehead atoms. The molecule has 2 nitrogen and oxygen atoms in total. The molecule has 0 saturated heterocycles. The molecule has 1 atom stereocenters. The Morgan fingerprint density at radius 3 is 2.39 bits per heavy atom. The molecule has 1 heterocycles. The standard InChI is InChI=1S/C25H29FO2/c1-24(2,3)21-9-6-17(7-10-21)20(16-26)15-22(27)18-8-11-23-19(14-18)12-13-25(4,5)28-23/h6-14,20H,15-16H2,1-5H3/i26-1. The highest BCUT2D eigenvalue weighted by Gasteiger charge is 2.23. The van der Waals surface area contributed by atoms with E-state index < -0.39 is 12.6 Å². The fourth-order valence-electron chi connectivity index (χ4n) is 3.41. The van der Waals surface area contributed by atoms with Gasteiger partial charge in [0, 0.05) is 23.5 Å². The van der Waals surface area contributed by atoms with E-state index in [1.54, 1.807) is 6.07 Å². The highest BCUT2D eigenvalue weighted by Crippen LogP contribution is 2.32. The smallest absolute Gasteiger partial charge is 0.163 e. The molecule has 1 aliphatic rings. The van der Waals surface area contributed by atoms with Crippen LogP contribution in [-0.4, -0.2) is 18.1 Å². The molecule has 148 valence electrons. The van der Waals surface area contributed by atoms with E-state index in [1.165, 1.54) is 5.56 Å². The van der Waals surface area contributed by atoms with Crippen LogP contribution in [0.2, 0.25) is 0 Å². The number of rotatable bonds is 5. The van der Waals surface area contributed by atoms with Crippen molar-refractivity contribution >= 4 is 11.9 Å². The van der Waals surface area contributed by atoms with E-state index in [9.17, 15) is 9.18 Å². The Morgan fingerprint density at radius 1 is 1.11 bits per heavy atom. The van der Waals surface area contributed by atoms with Crippen LogP contribution < -0.4 is 4.74 Å². The maximum Gasteiger partial charge on any atom is 0.163 e. The van der Waals surface area contributed by atoms with E-state index in [-0.39, 0.29) is 23.2 Å². The summed E-state index contributed by atoms with van der Waals surface area (Å²) in [7, 11) is 0. The number of carbonyl (C=O) groups excluding carboxylic acids is 1. The van der Waals surface area contributed by atoms with Gasteiger partial charge in [0.2, 0.25) is 0 Å². The first-order valence-corrected chi connectivity index (χ1v) is 9.81. The largest absolute Gasteiger partial charge is 0.483 e. The maximum absolute atomic E-state index is 13.7. The fourth-order valence-corrected chi connectivity index (χ4v) is 3.41. The zero-order valence-corrected chi connectivity index (χ0v) is 17.4. The molecule has 0 radical (unpaired) electrons. The van der Waals surface area contributed by atoms with Crippen molar-refractivity contribution in [2.45, 2.75) is 58.0 Å². The highest BCUT2D eigenvalue weighted by molar-refractivity contribution is 5.97. The summed E-state index contributed by atoms with van der Waals surface area (Å²) in [4.78, 5) is 12.8. The average molecular weight is 380 g/mol. The second-order valence-electron chi connectivity index (χ2n) is 9.14. The Labute approximate surface area is 167 Å². The molecule has 0 saturated carbocycles. The van der Waals surface area contributed by atoms with E-state index in [4.69, 9.17) is 4.74 Å². The zero-order chi connectivity index (χ0) is 20.5. The average Bonchev–Trinajstić information content (AvgIpc) is 2.64. The molecule has 0 fully saturated rings. The van der Waals surface area contributed by atoms with Crippen molar-refractivity contribution in [3.05, 3.63) is 70.8 Å². The molecule has 0 spiro atoms. The molecule has 28 heavy (non-hydrogen) atoms. The van der Waals surface area contributed by atoms with Crippen molar-refractivity contribution in [1.29, 1.82) is 0 Å². The van der Waals surface area contributed by atoms with E-state index in [0.29, 0.717) is 5.56 Å². The third-order valence-electron chi connectivity index (χ3n) is 5.24. The number of Topliss-reactive ketones (excluding diaryl/α,β-unsaturated/α-hetero) is 1. The second-order valence-corrected chi connectivity index (χ2v) is 9.14. The molecule has 2 aromatic carbocycles. The molecule has 0 aromatic heterocycles. The minimum atomic E-state index is -0.553. The number of halogens is 1. The molecule has 1 aliphatic heterocycles. The SMILES string of the molecule is CC1(C)C=Cc2cc(C(=O)CC(C[18F])c3ccc(C(C)(C)C)cc3)ccc2O1. The summed E-state index contributed by atoms with van der Waals surface area (Å²) in [5, 5.41) is 0. The van der Waals surface area contributed by atoms with E-state index >= 15 is 0 Å². The predicted octanol–water partition coefficient (Wildman–Crippen LogP) is 6.49. The second kappa shape index (κ2) is 7.54. The van der Waals surface area contributed by atoms with Crippen LogP contribution in [0.4, 0.5) is 4.39 Å². The van der Waals surface area contributed by atoms with Gasteiger partial charge < -0.3 is 4.74 Å². The van der Waals surface area contributed by atoms with E-state index in [0.717, 1.165) is 16.9 Å². The summed E-state index contributed by atoms with van der Waals surface area (Å²) in [6, 6.07) is 13.4. The van der Waals surface area contributed by atoms with Gasteiger partial charge in [-0.05, 0) is 54.7 Å². The van der Waals surface area contributed by atoms with Crippen LogP contribution in [0, 0.1) is 0 Å². The van der Waals surface area contributed by atoms with Crippen LogP contribution in [-0.2, 0) is 5.41 Å². The van der Waals surface area contributed by atoms with Gasteiger partial charge in [0.1, 0.15) is 11.4 Å². The first-order valence-electron chi connectivity index (χ1n) is 9.81. The Bertz CT molecular complexity index is 886. The number of hydrogen-bond donors (Lipinski definition) is 0. The van der Waals surface area contributed by atoms with E-state index in [1.807, 2.05) is 62.4 Å². The molecule has 0 aliphatic carbocycles. The lowest BCUT2D eigenvalue weighted by Crippen LogP contribution is -2.27. The minimum absolute atomic E-state index is 0.0485. The van der Waals surface area contributed by atoms with Crippen molar-refractivity contribution in [2.75, 3.05) is 6.67 Å². The monoisotopic (exact) mass is 379 g/mol.